The molecule has 0 radical (unpaired) electrons. The van der Waals surface area contributed by atoms with Gasteiger partial charge in [-0.25, -0.2) is 4.79 Å². The lowest BCUT2D eigenvalue weighted by Crippen LogP contribution is -2.66. The molecule has 5 heteroatoms. The van der Waals surface area contributed by atoms with Crippen molar-refractivity contribution in [1.82, 2.24) is 10.2 Å². The second kappa shape index (κ2) is 11.9. The lowest BCUT2D eigenvalue weighted by atomic mass is 9.32. The summed E-state index contributed by atoms with van der Waals surface area (Å²) in [5, 5.41) is 3.42. The van der Waals surface area contributed by atoms with E-state index in [9.17, 15) is 9.59 Å². The number of ether oxygens (including phenoxy) is 1. The fourth-order valence-corrected chi connectivity index (χ4v) is 13.1. The van der Waals surface area contributed by atoms with Gasteiger partial charge in [-0.3, -0.25) is 4.79 Å². The predicted octanol–water partition coefficient (Wildman–Crippen LogP) is 8.80. The standard InChI is InChI=1S/C42H62N2O3/c1-27(2)30-17-22-42(37(46)43-25-26-44(8)9)24-23-40(6)32(35(30)42)15-16-34-39(5)20-18-31(28-11-13-29(14-12-28)36(45)47-10)38(3,4)33(39)19-21-41(34,40)7/h11-14,18,30,32-35H,1,15-17,19-26H2,2-10H3,(H,43,46). The first-order valence-electron chi connectivity index (χ1n) is 18.5. The molecule has 0 aliphatic heterocycles. The van der Waals surface area contributed by atoms with Gasteiger partial charge >= 0.3 is 5.97 Å². The first-order valence-corrected chi connectivity index (χ1v) is 18.5. The maximum Gasteiger partial charge on any atom is 0.337 e. The lowest BCUT2D eigenvalue weighted by Gasteiger charge is -2.72. The minimum absolute atomic E-state index is 0.0295. The number of benzene rings is 1. The quantitative estimate of drug-likeness (QED) is 0.239. The van der Waals surface area contributed by atoms with Crippen LogP contribution in [0.1, 0.15) is 115 Å². The molecule has 6 rings (SSSR count). The third kappa shape index (κ3) is 5.02. The summed E-state index contributed by atoms with van der Waals surface area (Å²) in [5.41, 5.74) is 5.00. The van der Waals surface area contributed by atoms with Gasteiger partial charge in [-0.2, -0.15) is 0 Å². The molecule has 0 bridgehead atoms. The number of amides is 1. The largest absolute Gasteiger partial charge is 0.465 e. The van der Waals surface area contributed by atoms with Crippen molar-refractivity contribution in [2.45, 2.75) is 99.3 Å². The Labute approximate surface area is 285 Å². The van der Waals surface area contributed by atoms with Gasteiger partial charge < -0.3 is 15.0 Å². The fourth-order valence-electron chi connectivity index (χ4n) is 13.1. The molecule has 0 aromatic heterocycles. The monoisotopic (exact) mass is 642 g/mol. The van der Waals surface area contributed by atoms with Crippen LogP contribution in [-0.2, 0) is 9.53 Å². The van der Waals surface area contributed by atoms with Crippen LogP contribution in [0.2, 0.25) is 0 Å². The molecule has 4 fully saturated rings. The SMILES string of the molecule is C=C(C)C1CCC2(C(=O)NCCN(C)C)CCC3(C)C(CCC4C5(C)CC=C(c6ccc(C(=O)OC)cc6)C(C)(C)C5CCC43C)C12. The van der Waals surface area contributed by atoms with Gasteiger partial charge in [-0.05, 0) is 153 Å². The Hall–Kier alpha value is -2.40. The Morgan fingerprint density at radius 2 is 1.62 bits per heavy atom. The molecular weight excluding hydrogens is 580 g/mol. The molecule has 1 N–H and O–H groups in total. The minimum atomic E-state index is -0.284. The van der Waals surface area contributed by atoms with Crippen LogP contribution in [0, 0.1) is 56.7 Å². The number of nitrogens with zero attached hydrogens (tertiary/aromatic N) is 1. The summed E-state index contributed by atoms with van der Waals surface area (Å²) in [5.74, 6) is 2.67. The zero-order chi connectivity index (χ0) is 34.2. The molecule has 1 aromatic rings. The van der Waals surface area contributed by atoms with Crippen LogP contribution < -0.4 is 5.32 Å². The first kappa shape index (κ1) is 34.5. The van der Waals surface area contributed by atoms with E-state index in [1.165, 1.54) is 49.5 Å². The number of hydrogen-bond acceptors (Lipinski definition) is 4. The Balaban J connectivity index is 1.32. The maximum atomic E-state index is 14.2. The number of esters is 1. The van der Waals surface area contributed by atoms with E-state index >= 15 is 0 Å². The third-order valence-electron chi connectivity index (χ3n) is 15.6. The number of methoxy groups -OCH3 is 1. The Morgan fingerprint density at radius 1 is 0.915 bits per heavy atom. The number of likely N-dealkylation sites (N-methyl/N-ethyl adjacent to an activating group) is 1. The fraction of sp³-hybridized carbons (Fsp3) is 0.714. The van der Waals surface area contributed by atoms with Crippen LogP contribution in [-0.4, -0.2) is 51.1 Å². The smallest absolute Gasteiger partial charge is 0.337 e. The van der Waals surface area contributed by atoms with Gasteiger partial charge in [-0.15, -0.1) is 0 Å². The molecule has 47 heavy (non-hydrogen) atoms. The minimum Gasteiger partial charge on any atom is -0.465 e. The Bertz CT molecular complexity index is 1440. The Morgan fingerprint density at radius 3 is 2.26 bits per heavy atom. The number of nitrogens with one attached hydrogen (secondary N) is 1. The second-order valence-corrected chi connectivity index (χ2v) is 18.0. The van der Waals surface area contributed by atoms with E-state index in [-0.39, 0.29) is 33.0 Å². The first-order chi connectivity index (χ1) is 22.1. The van der Waals surface area contributed by atoms with Crippen molar-refractivity contribution in [3.63, 3.8) is 0 Å². The summed E-state index contributed by atoms with van der Waals surface area (Å²) in [6.07, 6.45) is 12.9. The van der Waals surface area contributed by atoms with E-state index < -0.39 is 0 Å². The number of allylic oxidation sites excluding steroid dienone is 3. The van der Waals surface area contributed by atoms with Crippen molar-refractivity contribution < 1.29 is 14.3 Å². The summed E-state index contributed by atoms with van der Waals surface area (Å²) in [6, 6.07) is 8.07. The molecule has 4 saturated carbocycles. The Kier molecular flexibility index (Phi) is 8.71. The molecule has 1 amide bonds. The number of hydrogen-bond donors (Lipinski definition) is 1. The van der Waals surface area contributed by atoms with Crippen LogP contribution in [0.3, 0.4) is 0 Å². The van der Waals surface area contributed by atoms with E-state index in [2.05, 4.69) is 90.6 Å². The zero-order valence-corrected chi connectivity index (χ0v) is 30.9. The van der Waals surface area contributed by atoms with E-state index in [1.807, 2.05) is 12.1 Å². The van der Waals surface area contributed by atoms with Crippen molar-refractivity contribution in [2.75, 3.05) is 34.3 Å². The molecule has 0 heterocycles. The molecule has 1 aromatic carbocycles. The van der Waals surface area contributed by atoms with Gasteiger partial charge in [-0.1, -0.05) is 65.0 Å². The normalized spacial score (nSPS) is 40.3. The molecule has 0 spiro atoms. The molecule has 5 aliphatic carbocycles. The molecule has 5 nitrogen and oxygen atoms in total. The van der Waals surface area contributed by atoms with Gasteiger partial charge in [0.05, 0.1) is 18.1 Å². The van der Waals surface area contributed by atoms with Crippen LogP contribution >= 0.6 is 0 Å². The summed E-state index contributed by atoms with van der Waals surface area (Å²) in [7, 11) is 5.59. The molecule has 5 aliphatic rings. The van der Waals surface area contributed by atoms with Gasteiger partial charge in [0.2, 0.25) is 5.91 Å². The summed E-state index contributed by atoms with van der Waals surface area (Å²) in [6.45, 7) is 21.3. The molecule has 258 valence electrons. The molecule has 0 saturated heterocycles. The van der Waals surface area contributed by atoms with Crippen molar-refractivity contribution in [2.24, 2.45) is 56.7 Å². The number of carbonyl (C=O) groups excluding carboxylic acids is 2. The van der Waals surface area contributed by atoms with Gasteiger partial charge in [0.1, 0.15) is 0 Å². The van der Waals surface area contributed by atoms with Crippen molar-refractivity contribution in [3.05, 3.63) is 53.6 Å². The predicted molar refractivity (Wildman–Crippen MR) is 192 cm³/mol. The number of carbonyl (C=O) groups is 2. The highest BCUT2D eigenvalue weighted by Gasteiger charge is 2.71. The van der Waals surface area contributed by atoms with Gasteiger partial charge in [0, 0.05) is 13.1 Å². The highest BCUT2D eigenvalue weighted by molar-refractivity contribution is 5.90. The lowest BCUT2D eigenvalue weighted by molar-refractivity contribution is -0.225. The highest BCUT2D eigenvalue weighted by atomic mass is 16.5. The summed E-state index contributed by atoms with van der Waals surface area (Å²) < 4.78 is 4.95. The van der Waals surface area contributed by atoms with Crippen LogP contribution in [0.15, 0.2) is 42.5 Å². The van der Waals surface area contributed by atoms with Crippen molar-refractivity contribution in [1.29, 1.82) is 0 Å². The van der Waals surface area contributed by atoms with Gasteiger partial charge in [0.25, 0.3) is 0 Å². The van der Waals surface area contributed by atoms with E-state index in [1.54, 1.807) is 0 Å². The average molecular weight is 643 g/mol. The average Bonchev–Trinajstić information content (AvgIpc) is 3.42. The zero-order valence-electron chi connectivity index (χ0n) is 30.9. The van der Waals surface area contributed by atoms with Crippen LogP contribution in [0.5, 0.6) is 0 Å². The van der Waals surface area contributed by atoms with E-state index in [4.69, 9.17) is 4.74 Å². The van der Waals surface area contributed by atoms with Crippen LogP contribution in [0.4, 0.5) is 0 Å². The van der Waals surface area contributed by atoms with Gasteiger partial charge in [0.15, 0.2) is 0 Å². The topological polar surface area (TPSA) is 58.6 Å². The van der Waals surface area contributed by atoms with Crippen LogP contribution in [0.25, 0.3) is 5.57 Å². The maximum absolute atomic E-state index is 14.2. The van der Waals surface area contributed by atoms with E-state index in [0.717, 1.165) is 45.2 Å². The molecular formula is C42H62N2O3. The molecule has 9 unspecified atom stereocenters. The summed E-state index contributed by atoms with van der Waals surface area (Å²) >= 11 is 0. The summed E-state index contributed by atoms with van der Waals surface area (Å²) in [4.78, 5) is 28.5. The van der Waals surface area contributed by atoms with Crippen molar-refractivity contribution >= 4 is 17.4 Å². The highest BCUT2D eigenvalue weighted by Crippen LogP contribution is 2.77. The second-order valence-electron chi connectivity index (χ2n) is 18.0. The number of rotatable bonds is 7. The molecule has 9 atom stereocenters. The third-order valence-corrected chi connectivity index (χ3v) is 15.6. The van der Waals surface area contributed by atoms with E-state index in [0.29, 0.717) is 41.1 Å². The van der Waals surface area contributed by atoms with Crippen molar-refractivity contribution in [3.8, 4) is 0 Å². The number of fused-ring (bicyclic) bond motifs is 7.